The predicted octanol–water partition coefficient (Wildman–Crippen LogP) is 5.05. The summed E-state index contributed by atoms with van der Waals surface area (Å²) in [6, 6.07) is 16.7. The number of fused-ring (bicyclic) bond motifs is 2. The van der Waals surface area contributed by atoms with Gasteiger partial charge in [0.2, 0.25) is 5.91 Å². The number of carbonyl (C=O) groups is 1. The van der Waals surface area contributed by atoms with Crippen molar-refractivity contribution in [1.29, 1.82) is 0 Å². The van der Waals surface area contributed by atoms with Crippen LogP contribution in [0.1, 0.15) is 11.2 Å². The molecule has 3 aromatic carbocycles. The minimum atomic E-state index is -4.85. The minimum absolute atomic E-state index is 0.117. The van der Waals surface area contributed by atoms with Crippen molar-refractivity contribution in [3.8, 4) is 0 Å². The van der Waals surface area contributed by atoms with E-state index in [9.17, 15) is 23.5 Å². The second kappa shape index (κ2) is 7.11. The Morgan fingerprint density at radius 3 is 2.54 bits per heavy atom. The van der Waals surface area contributed by atoms with Crippen LogP contribution in [0.5, 0.6) is 0 Å². The summed E-state index contributed by atoms with van der Waals surface area (Å²) >= 11 is 1.20. The monoisotopic (exact) mass is 415 g/mol. The first-order valence-electron chi connectivity index (χ1n) is 8.34. The number of rotatable bonds is 4. The second-order valence-electron chi connectivity index (χ2n) is 6.37. The summed E-state index contributed by atoms with van der Waals surface area (Å²) in [6.07, 6.45) is 0. The second-order valence-corrected chi connectivity index (χ2v) is 8.98. The number of amides is 1. The Balaban J connectivity index is 1.73. The number of hydrogen-bond donors (Lipinski definition) is 3. The van der Waals surface area contributed by atoms with Crippen LogP contribution in [0.4, 0.5) is 10.1 Å². The summed E-state index contributed by atoms with van der Waals surface area (Å²) in [5, 5.41) is 6.27. The van der Waals surface area contributed by atoms with Crippen molar-refractivity contribution in [3.05, 3.63) is 77.4 Å². The standard InChI is InChI=1S/C20H15FNO4PS/c21-14-6-8-18-16(10-14)17(11-28-18)19(27(24,25)26)20(23)22-15-7-5-12-3-1-2-4-13(12)9-15/h1-11,19H,(H,22,23)(H2,24,25,26). The van der Waals surface area contributed by atoms with Gasteiger partial charge in [-0.15, -0.1) is 11.3 Å². The van der Waals surface area contributed by atoms with Crippen LogP contribution in [0.25, 0.3) is 20.9 Å². The van der Waals surface area contributed by atoms with E-state index in [1.807, 2.05) is 30.3 Å². The molecule has 5 nitrogen and oxygen atoms in total. The Hall–Kier alpha value is -2.57. The van der Waals surface area contributed by atoms with E-state index in [0.717, 1.165) is 10.8 Å². The lowest BCUT2D eigenvalue weighted by molar-refractivity contribution is -0.116. The molecule has 1 amide bonds. The van der Waals surface area contributed by atoms with E-state index in [1.54, 1.807) is 12.1 Å². The SMILES string of the molecule is O=C(Nc1ccc2ccccc2c1)C(c1csc2ccc(F)cc12)P(=O)(O)O. The zero-order valence-electron chi connectivity index (χ0n) is 14.4. The van der Waals surface area contributed by atoms with Gasteiger partial charge >= 0.3 is 7.60 Å². The normalized spacial score (nSPS) is 13.0. The largest absolute Gasteiger partial charge is 0.342 e. The maximum atomic E-state index is 13.7. The maximum absolute atomic E-state index is 13.7. The van der Waals surface area contributed by atoms with Crippen molar-refractivity contribution in [1.82, 2.24) is 0 Å². The van der Waals surface area contributed by atoms with Crippen LogP contribution in [0.3, 0.4) is 0 Å². The van der Waals surface area contributed by atoms with Crippen LogP contribution in [-0.2, 0) is 9.36 Å². The minimum Gasteiger partial charge on any atom is -0.325 e. The molecule has 3 N–H and O–H groups in total. The number of carbonyl (C=O) groups excluding carboxylic acids is 1. The number of halogens is 1. The number of nitrogens with one attached hydrogen (secondary N) is 1. The highest BCUT2D eigenvalue weighted by atomic mass is 32.1. The average molecular weight is 415 g/mol. The molecular formula is C20H15FNO4PS. The van der Waals surface area contributed by atoms with E-state index >= 15 is 0 Å². The Morgan fingerprint density at radius 1 is 1.04 bits per heavy atom. The van der Waals surface area contributed by atoms with E-state index in [0.29, 0.717) is 15.8 Å². The van der Waals surface area contributed by atoms with Crippen LogP contribution < -0.4 is 5.32 Å². The molecule has 1 atom stereocenters. The fraction of sp³-hybridized carbons (Fsp3) is 0.0500. The summed E-state index contributed by atoms with van der Waals surface area (Å²) in [5.74, 6) is -1.38. The third-order valence-electron chi connectivity index (χ3n) is 4.46. The molecule has 1 aromatic heterocycles. The molecule has 0 aliphatic carbocycles. The highest BCUT2D eigenvalue weighted by Gasteiger charge is 2.39. The molecule has 0 fully saturated rings. The fourth-order valence-corrected chi connectivity index (χ4v) is 5.20. The van der Waals surface area contributed by atoms with Gasteiger partial charge in [0.15, 0.2) is 5.66 Å². The molecule has 0 spiro atoms. The number of benzene rings is 3. The van der Waals surface area contributed by atoms with Crippen LogP contribution in [0.15, 0.2) is 66.0 Å². The summed E-state index contributed by atoms with van der Waals surface area (Å²) in [5.41, 5.74) is -1.19. The van der Waals surface area contributed by atoms with Gasteiger partial charge < -0.3 is 15.1 Å². The van der Waals surface area contributed by atoms with Gasteiger partial charge in [0.25, 0.3) is 0 Å². The summed E-state index contributed by atoms with van der Waals surface area (Å²) in [4.78, 5) is 32.5. The van der Waals surface area contributed by atoms with Crippen molar-refractivity contribution in [2.45, 2.75) is 5.66 Å². The van der Waals surface area contributed by atoms with Crippen molar-refractivity contribution < 1.29 is 23.5 Å². The lowest BCUT2D eigenvalue weighted by atomic mass is 10.1. The molecule has 4 rings (SSSR count). The Morgan fingerprint density at radius 2 is 1.79 bits per heavy atom. The lowest BCUT2D eigenvalue weighted by Gasteiger charge is -2.18. The van der Waals surface area contributed by atoms with Gasteiger partial charge in [-0.1, -0.05) is 30.3 Å². The summed E-state index contributed by atoms with van der Waals surface area (Å²) in [6.45, 7) is 0. The van der Waals surface area contributed by atoms with Crippen molar-refractivity contribution >= 4 is 51.4 Å². The van der Waals surface area contributed by atoms with Gasteiger partial charge in [-0.05, 0) is 57.4 Å². The highest BCUT2D eigenvalue weighted by Crippen LogP contribution is 2.54. The van der Waals surface area contributed by atoms with Crippen molar-refractivity contribution in [3.63, 3.8) is 0 Å². The molecule has 1 unspecified atom stereocenters. The van der Waals surface area contributed by atoms with Crippen LogP contribution in [0, 0.1) is 5.82 Å². The molecule has 8 heteroatoms. The maximum Gasteiger partial charge on any atom is 0.342 e. The first-order valence-corrected chi connectivity index (χ1v) is 10.9. The molecule has 1 heterocycles. The smallest absolute Gasteiger partial charge is 0.325 e. The molecule has 0 radical (unpaired) electrons. The van der Waals surface area contributed by atoms with Gasteiger partial charge in [0.05, 0.1) is 0 Å². The Bertz CT molecular complexity index is 1250. The lowest BCUT2D eigenvalue weighted by Crippen LogP contribution is -2.21. The van der Waals surface area contributed by atoms with Gasteiger partial charge in [0, 0.05) is 10.4 Å². The van der Waals surface area contributed by atoms with Crippen LogP contribution >= 0.6 is 18.9 Å². The van der Waals surface area contributed by atoms with Gasteiger partial charge in [-0.2, -0.15) is 0 Å². The summed E-state index contributed by atoms with van der Waals surface area (Å²) < 4.78 is 26.5. The molecule has 0 aliphatic rings. The number of thiophene rings is 1. The fourth-order valence-electron chi connectivity index (χ4n) is 3.19. The molecule has 0 saturated carbocycles. The predicted molar refractivity (Wildman–Crippen MR) is 109 cm³/mol. The topological polar surface area (TPSA) is 86.6 Å². The summed E-state index contributed by atoms with van der Waals surface area (Å²) in [7, 11) is -4.85. The Labute approximate surface area is 163 Å². The Kier molecular flexibility index (Phi) is 4.77. The quantitative estimate of drug-likeness (QED) is 0.407. The first kappa shape index (κ1) is 18.8. The van der Waals surface area contributed by atoms with Crippen molar-refractivity contribution in [2.24, 2.45) is 0 Å². The third kappa shape index (κ3) is 3.57. The molecule has 0 saturated heterocycles. The van der Waals surface area contributed by atoms with Crippen molar-refractivity contribution in [2.75, 3.05) is 5.32 Å². The molecule has 28 heavy (non-hydrogen) atoms. The van der Waals surface area contributed by atoms with E-state index < -0.39 is 25.0 Å². The van der Waals surface area contributed by atoms with Gasteiger partial charge in [-0.25, -0.2) is 4.39 Å². The zero-order valence-corrected chi connectivity index (χ0v) is 16.1. The van der Waals surface area contributed by atoms with Crippen LogP contribution in [-0.4, -0.2) is 15.7 Å². The molecule has 4 aromatic rings. The van der Waals surface area contributed by atoms with E-state index in [2.05, 4.69) is 5.32 Å². The molecule has 0 bridgehead atoms. The zero-order chi connectivity index (χ0) is 19.9. The number of hydrogen-bond acceptors (Lipinski definition) is 3. The van der Waals surface area contributed by atoms with Gasteiger partial charge in [-0.3, -0.25) is 9.36 Å². The van der Waals surface area contributed by atoms with Gasteiger partial charge in [0.1, 0.15) is 5.82 Å². The third-order valence-corrected chi connectivity index (χ3v) is 6.63. The van der Waals surface area contributed by atoms with E-state index in [4.69, 9.17) is 0 Å². The highest BCUT2D eigenvalue weighted by molar-refractivity contribution is 7.53. The molecule has 0 aliphatic heterocycles. The van der Waals surface area contributed by atoms with Crippen LogP contribution in [0.2, 0.25) is 0 Å². The molecule has 142 valence electrons. The average Bonchev–Trinajstić information content (AvgIpc) is 3.03. The van der Waals surface area contributed by atoms with E-state index in [-0.39, 0.29) is 5.56 Å². The number of anilines is 1. The van der Waals surface area contributed by atoms with E-state index in [1.165, 1.54) is 34.9 Å². The molecular weight excluding hydrogens is 400 g/mol. The first-order chi connectivity index (χ1) is 13.3.